The van der Waals surface area contributed by atoms with Crippen LogP contribution in [0.3, 0.4) is 0 Å². The maximum Gasteiger partial charge on any atom is 0.259 e. The molecule has 1 amide bonds. The van der Waals surface area contributed by atoms with Crippen molar-refractivity contribution in [3.63, 3.8) is 0 Å². The summed E-state index contributed by atoms with van der Waals surface area (Å²) < 4.78 is 11.6. The number of nitrogens with one attached hydrogen (secondary N) is 1. The minimum absolute atomic E-state index is 0.124. The van der Waals surface area contributed by atoms with Crippen LogP contribution in [0.15, 0.2) is 51.5 Å². The van der Waals surface area contributed by atoms with Crippen LogP contribution >= 0.6 is 15.9 Å². The first-order valence-corrected chi connectivity index (χ1v) is 8.41. The minimum atomic E-state index is -0.245. The van der Waals surface area contributed by atoms with Gasteiger partial charge in [0.2, 0.25) is 11.7 Å². The summed E-state index contributed by atoms with van der Waals surface area (Å²) in [4.78, 5) is 16.7. The molecule has 0 saturated carbocycles. The number of carbonyl (C=O) groups excluding carboxylic acids is 1. The molecule has 0 fully saturated rings. The normalized spacial score (nSPS) is 10.5. The quantitative estimate of drug-likeness (QED) is 0.690. The molecule has 128 valence electrons. The van der Waals surface area contributed by atoms with Crippen LogP contribution in [0.25, 0.3) is 0 Å². The Balaban J connectivity index is 1.76. The molecule has 0 aliphatic heterocycles. The van der Waals surface area contributed by atoms with Gasteiger partial charge in [-0.1, -0.05) is 33.2 Å². The number of benzene rings is 2. The highest BCUT2D eigenvalue weighted by Gasteiger charge is 2.14. The number of aromatic nitrogens is 2. The first kappa shape index (κ1) is 17.2. The van der Waals surface area contributed by atoms with Crippen LogP contribution < -0.4 is 10.1 Å². The number of carbonyl (C=O) groups is 1. The minimum Gasteiger partial charge on any atom is -0.485 e. The van der Waals surface area contributed by atoms with Gasteiger partial charge < -0.3 is 14.6 Å². The number of ether oxygens (including phenoxy) is 1. The van der Waals surface area contributed by atoms with Crippen molar-refractivity contribution >= 4 is 27.5 Å². The van der Waals surface area contributed by atoms with Crippen LogP contribution in [-0.4, -0.2) is 16.0 Å². The summed E-state index contributed by atoms with van der Waals surface area (Å²) >= 11 is 3.41. The van der Waals surface area contributed by atoms with Crippen LogP contribution in [-0.2, 0) is 6.61 Å². The Morgan fingerprint density at radius 3 is 2.76 bits per heavy atom. The smallest absolute Gasteiger partial charge is 0.259 e. The van der Waals surface area contributed by atoms with E-state index in [4.69, 9.17) is 9.26 Å². The monoisotopic (exact) mass is 401 g/mol. The van der Waals surface area contributed by atoms with Gasteiger partial charge in [0, 0.05) is 17.1 Å². The Morgan fingerprint density at radius 2 is 2.04 bits per heavy atom. The van der Waals surface area contributed by atoms with E-state index in [0.29, 0.717) is 23.0 Å². The zero-order valence-electron chi connectivity index (χ0n) is 13.7. The molecule has 0 aliphatic rings. The van der Waals surface area contributed by atoms with E-state index in [0.717, 1.165) is 15.7 Å². The third-order valence-corrected chi connectivity index (χ3v) is 3.99. The molecule has 2 aromatic carbocycles. The predicted molar refractivity (Wildman–Crippen MR) is 96.6 cm³/mol. The van der Waals surface area contributed by atoms with Crippen molar-refractivity contribution in [3.8, 4) is 5.75 Å². The maximum atomic E-state index is 12.6. The Bertz CT molecular complexity index is 908. The average Bonchev–Trinajstić information content (AvgIpc) is 3.01. The molecule has 1 heterocycles. The van der Waals surface area contributed by atoms with E-state index in [9.17, 15) is 4.79 Å². The lowest BCUT2D eigenvalue weighted by molar-refractivity contribution is 0.102. The average molecular weight is 402 g/mol. The number of anilines is 1. The van der Waals surface area contributed by atoms with Crippen molar-refractivity contribution in [2.24, 2.45) is 0 Å². The van der Waals surface area contributed by atoms with Crippen LogP contribution in [0.2, 0.25) is 0 Å². The van der Waals surface area contributed by atoms with E-state index in [2.05, 4.69) is 31.4 Å². The molecular formula is C18H16BrN3O3. The van der Waals surface area contributed by atoms with Crippen molar-refractivity contribution in [1.82, 2.24) is 10.1 Å². The first-order chi connectivity index (χ1) is 12.0. The molecule has 1 aromatic heterocycles. The van der Waals surface area contributed by atoms with Gasteiger partial charge in [0.25, 0.3) is 5.91 Å². The summed E-state index contributed by atoms with van der Waals surface area (Å²) in [7, 11) is 0. The van der Waals surface area contributed by atoms with Crippen LogP contribution in [0.5, 0.6) is 5.75 Å². The van der Waals surface area contributed by atoms with Gasteiger partial charge in [-0.15, -0.1) is 0 Å². The number of hydrogen-bond donors (Lipinski definition) is 1. The van der Waals surface area contributed by atoms with Gasteiger partial charge in [-0.05, 0) is 42.8 Å². The highest BCUT2D eigenvalue weighted by molar-refractivity contribution is 9.10. The molecule has 1 N–H and O–H groups in total. The number of aryl methyl sites for hydroxylation is 2. The SMILES string of the molecule is Cc1nc(COc2ccccc2C(=O)Nc2ccc(Br)cc2C)no1. The second kappa shape index (κ2) is 7.48. The topological polar surface area (TPSA) is 77.2 Å². The second-order valence-electron chi connectivity index (χ2n) is 5.43. The summed E-state index contributed by atoms with van der Waals surface area (Å²) in [6, 6.07) is 12.7. The molecule has 0 aliphatic carbocycles. The van der Waals surface area contributed by atoms with Crippen LogP contribution in [0.1, 0.15) is 27.6 Å². The first-order valence-electron chi connectivity index (χ1n) is 7.61. The fourth-order valence-electron chi connectivity index (χ4n) is 2.28. The molecule has 0 radical (unpaired) electrons. The van der Waals surface area contributed by atoms with Gasteiger partial charge in [-0.3, -0.25) is 4.79 Å². The number of amides is 1. The van der Waals surface area contributed by atoms with Crippen molar-refractivity contribution in [3.05, 3.63) is 69.8 Å². The summed E-state index contributed by atoms with van der Waals surface area (Å²) in [5.74, 6) is 1.11. The molecule has 0 bridgehead atoms. The fourth-order valence-corrected chi connectivity index (χ4v) is 2.75. The van der Waals surface area contributed by atoms with Gasteiger partial charge in [-0.2, -0.15) is 4.98 Å². The van der Waals surface area contributed by atoms with Gasteiger partial charge in [0.15, 0.2) is 6.61 Å². The lowest BCUT2D eigenvalue weighted by Gasteiger charge is -2.12. The van der Waals surface area contributed by atoms with E-state index >= 15 is 0 Å². The van der Waals surface area contributed by atoms with Gasteiger partial charge in [0.1, 0.15) is 5.75 Å². The Morgan fingerprint density at radius 1 is 1.24 bits per heavy atom. The molecule has 0 spiro atoms. The van der Waals surface area contributed by atoms with Crippen LogP contribution in [0.4, 0.5) is 5.69 Å². The largest absolute Gasteiger partial charge is 0.485 e. The Kier molecular flexibility index (Phi) is 5.14. The molecule has 0 unspecified atom stereocenters. The van der Waals surface area contributed by atoms with Gasteiger partial charge >= 0.3 is 0 Å². The van der Waals surface area contributed by atoms with E-state index in [1.165, 1.54) is 0 Å². The summed E-state index contributed by atoms with van der Waals surface area (Å²) in [5.41, 5.74) is 2.14. The highest BCUT2D eigenvalue weighted by Crippen LogP contribution is 2.24. The fraction of sp³-hybridized carbons (Fsp3) is 0.167. The Hall–Kier alpha value is -2.67. The number of hydrogen-bond acceptors (Lipinski definition) is 5. The zero-order valence-corrected chi connectivity index (χ0v) is 15.3. The van der Waals surface area contributed by atoms with Crippen molar-refractivity contribution in [1.29, 1.82) is 0 Å². The van der Waals surface area contributed by atoms with Crippen molar-refractivity contribution in [2.45, 2.75) is 20.5 Å². The number of halogens is 1. The molecule has 3 aromatic rings. The second-order valence-corrected chi connectivity index (χ2v) is 6.34. The van der Waals surface area contributed by atoms with E-state index < -0.39 is 0 Å². The summed E-state index contributed by atoms with van der Waals surface area (Å²) in [5, 5.41) is 6.68. The molecule has 3 rings (SSSR count). The highest BCUT2D eigenvalue weighted by atomic mass is 79.9. The van der Waals surface area contributed by atoms with Crippen molar-refractivity contribution in [2.75, 3.05) is 5.32 Å². The van der Waals surface area contributed by atoms with Crippen molar-refractivity contribution < 1.29 is 14.1 Å². The van der Waals surface area contributed by atoms with E-state index in [-0.39, 0.29) is 12.5 Å². The molecule has 0 atom stereocenters. The predicted octanol–water partition coefficient (Wildman–Crippen LogP) is 4.28. The summed E-state index contributed by atoms with van der Waals surface area (Å²) in [6.45, 7) is 3.76. The lowest BCUT2D eigenvalue weighted by Crippen LogP contribution is -2.14. The lowest BCUT2D eigenvalue weighted by atomic mass is 10.1. The number of rotatable bonds is 5. The molecule has 25 heavy (non-hydrogen) atoms. The van der Waals surface area contributed by atoms with E-state index in [1.54, 1.807) is 31.2 Å². The number of para-hydroxylation sites is 1. The molecular weight excluding hydrogens is 386 g/mol. The zero-order chi connectivity index (χ0) is 17.8. The van der Waals surface area contributed by atoms with Crippen LogP contribution in [0, 0.1) is 13.8 Å². The van der Waals surface area contributed by atoms with Gasteiger partial charge in [-0.25, -0.2) is 0 Å². The molecule has 6 nitrogen and oxygen atoms in total. The Labute approximate surface area is 153 Å². The molecule has 7 heteroatoms. The maximum absolute atomic E-state index is 12.6. The third kappa shape index (κ3) is 4.24. The standard InChI is InChI=1S/C18H16BrN3O3/c1-11-9-13(19)7-8-15(11)21-18(23)14-5-3-4-6-16(14)24-10-17-20-12(2)25-22-17/h3-9H,10H2,1-2H3,(H,21,23). The molecule has 0 saturated heterocycles. The summed E-state index contributed by atoms with van der Waals surface area (Å²) in [6.07, 6.45) is 0. The number of nitrogens with zero attached hydrogens (tertiary/aromatic N) is 2. The van der Waals surface area contributed by atoms with Gasteiger partial charge in [0.05, 0.1) is 5.56 Å². The third-order valence-electron chi connectivity index (χ3n) is 3.49. The van der Waals surface area contributed by atoms with E-state index in [1.807, 2.05) is 25.1 Å².